The summed E-state index contributed by atoms with van der Waals surface area (Å²) in [6, 6.07) is 19.1. The molecule has 2 saturated heterocycles. The number of carbonyl (C=O) groups excluding carboxylic acids is 4. The molecule has 0 aliphatic carbocycles. The van der Waals surface area contributed by atoms with Crippen molar-refractivity contribution in [3.05, 3.63) is 71.8 Å². The predicted molar refractivity (Wildman–Crippen MR) is 134 cm³/mol. The average molecular weight is 495 g/mol. The molecule has 2 aliphatic heterocycles. The molecule has 0 bridgehead atoms. The van der Waals surface area contributed by atoms with Crippen LogP contribution in [0.5, 0.6) is 0 Å². The Labute approximate surface area is 211 Å². The first-order chi connectivity index (χ1) is 17.3. The van der Waals surface area contributed by atoms with Crippen molar-refractivity contribution in [1.82, 2.24) is 10.6 Å². The summed E-state index contributed by atoms with van der Waals surface area (Å²) in [5.74, 6) is -0.964. The molecule has 36 heavy (non-hydrogen) atoms. The van der Waals surface area contributed by atoms with Gasteiger partial charge in [0.1, 0.15) is 12.2 Å². The second-order valence-corrected chi connectivity index (χ2v) is 9.07. The molecule has 2 N–H and O–H groups in total. The van der Waals surface area contributed by atoms with Crippen molar-refractivity contribution in [2.24, 2.45) is 0 Å². The molecule has 2 amide bonds. The number of piperidine rings is 2. The second-order valence-electron chi connectivity index (χ2n) is 9.07. The zero-order valence-corrected chi connectivity index (χ0v) is 20.8. The van der Waals surface area contributed by atoms with Crippen LogP contribution in [-0.4, -0.2) is 49.1 Å². The Balaban J connectivity index is 0.000000201. The van der Waals surface area contributed by atoms with Crippen molar-refractivity contribution < 1.29 is 28.7 Å². The largest absolute Gasteiger partial charge is 0.460 e. The van der Waals surface area contributed by atoms with Crippen molar-refractivity contribution in [3.8, 4) is 0 Å². The minimum Gasteiger partial charge on any atom is -0.460 e. The third-order valence-electron chi connectivity index (χ3n) is 6.31. The number of esters is 2. The smallest absolute Gasteiger partial charge is 0.313 e. The number of ether oxygens (including phenoxy) is 2. The SMILES string of the molecule is C[C@H](C(=O)O[C@@H]1CCC(=O)NC1)c1ccccc1.C[C@H](C(=O)O[C@@H]1CCC(=O)NC1)c1ccccc1. The highest BCUT2D eigenvalue weighted by Crippen LogP contribution is 2.20. The molecule has 2 aromatic carbocycles. The lowest BCUT2D eigenvalue weighted by atomic mass is 10.0. The van der Waals surface area contributed by atoms with Gasteiger partial charge in [-0.05, 0) is 37.8 Å². The van der Waals surface area contributed by atoms with E-state index in [2.05, 4.69) is 10.6 Å². The van der Waals surface area contributed by atoms with Crippen molar-refractivity contribution in [1.29, 1.82) is 0 Å². The summed E-state index contributed by atoms with van der Waals surface area (Å²) in [6.07, 6.45) is 1.69. The molecule has 8 nitrogen and oxygen atoms in total. The minimum absolute atomic E-state index is 0.0263. The predicted octanol–water partition coefficient (Wildman–Crippen LogP) is 3.22. The van der Waals surface area contributed by atoms with Crippen LogP contribution < -0.4 is 10.6 Å². The van der Waals surface area contributed by atoms with E-state index in [1.165, 1.54) is 0 Å². The third kappa shape index (κ3) is 8.22. The van der Waals surface area contributed by atoms with E-state index >= 15 is 0 Å². The molecule has 4 atom stereocenters. The molecule has 0 spiro atoms. The Bertz CT molecular complexity index is 923. The number of rotatable bonds is 6. The van der Waals surface area contributed by atoms with Gasteiger partial charge < -0.3 is 20.1 Å². The number of hydrogen-bond acceptors (Lipinski definition) is 6. The van der Waals surface area contributed by atoms with E-state index in [1.54, 1.807) is 0 Å². The summed E-state index contributed by atoms with van der Waals surface area (Å²) in [7, 11) is 0. The van der Waals surface area contributed by atoms with Crippen molar-refractivity contribution in [2.45, 2.75) is 63.6 Å². The topological polar surface area (TPSA) is 111 Å². The second kappa shape index (κ2) is 13.4. The molecule has 0 radical (unpaired) electrons. The summed E-state index contributed by atoms with van der Waals surface area (Å²) in [5.41, 5.74) is 1.89. The quantitative estimate of drug-likeness (QED) is 0.597. The first kappa shape index (κ1) is 26.9. The lowest BCUT2D eigenvalue weighted by molar-refractivity contribution is -0.153. The van der Waals surface area contributed by atoms with Gasteiger partial charge in [0.2, 0.25) is 11.8 Å². The molecule has 2 aromatic rings. The Morgan fingerprint density at radius 2 is 1.06 bits per heavy atom. The van der Waals surface area contributed by atoms with Crippen LogP contribution in [0.1, 0.15) is 62.5 Å². The first-order valence-electron chi connectivity index (χ1n) is 12.4. The standard InChI is InChI=1S/2C14H17NO3/c2*1-10(11-5-3-2-4-6-11)14(17)18-12-7-8-13(16)15-9-12/h2*2-6,10,12H,7-9H2,1H3,(H,15,16)/t2*10-,12+/m00/s1. The number of benzene rings is 2. The van der Waals surface area contributed by atoms with Crippen molar-refractivity contribution in [2.75, 3.05) is 13.1 Å². The molecule has 4 rings (SSSR count). The normalized spacial score (nSPS) is 20.9. The lowest BCUT2D eigenvalue weighted by Gasteiger charge is -2.24. The molecule has 192 valence electrons. The number of hydrogen-bond donors (Lipinski definition) is 2. The minimum atomic E-state index is -0.274. The van der Waals surface area contributed by atoms with Gasteiger partial charge in [-0.2, -0.15) is 0 Å². The van der Waals surface area contributed by atoms with Crippen LogP contribution in [0.25, 0.3) is 0 Å². The zero-order valence-electron chi connectivity index (χ0n) is 20.8. The van der Waals surface area contributed by atoms with E-state index in [-0.39, 0.29) is 47.8 Å². The van der Waals surface area contributed by atoms with Crippen LogP contribution in [0.2, 0.25) is 0 Å². The summed E-state index contributed by atoms with van der Waals surface area (Å²) in [5, 5.41) is 5.40. The van der Waals surface area contributed by atoms with Crippen LogP contribution in [-0.2, 0) is 28.7 Å². The average Bonchev–Trinajstić information content (AvgIpc) is 2.91. The van der Waals surface area contributed by atoms with Crippen LogP contribution in [0.4, 0.5) is 0 Å². The van der Waals surface area contributed by atoms with Crippen LogP contribution in [0.15, 0.2) is 60.7 Å². The number of nitrogens with one attached hydrogen (secondary N) is 2. The molecule has 2 aliphatic rings. The van der Waals surface area contributed by atoms with Gasteiger partial charge in [0, 0.05) is 12.8 Å². The maximum atomic E-state index is 12.0. The number of carbonyl (C=O) groups is 4. The molecule has 0 unspecified atom stereocenters. The van der Waals surface area contributed by atoms with Gasteiger partial charge in [0.15, 0.2) is 0 Å². The summed E-state index contributed by atoms with van der Waals surface area (Å²) >= 11 is 0. The van der Waals surface area contributed by atoms with Gasteiger partial charge in [0.25, 0.3) is 0 Å². The van der Waals surface area contributed by atoms with E-state index in [9.17, 15) is 19.2 Å². The fourth-order valence-corrected chi connectivity index (χ4v) is 3.91. The maximum Gasteiger partial charge on any atom is 0.313 e. The molecule has 8 heteroatoms. The Hall–Kier alpha value is -3.68. The fraction of sp³-hybridized carbons (Fsp3) is 0.429. The monoisotopic (exact) mass is 494 g/mol. The summed E-state index contributed by atoms with van der Waals surface area (Å²) in [6.45, 7) is 4.51. The molecule has 0 saturated carbocycles. The summed E-state index contributed by atoms with van der Waals surface area (Å²) < 4.78 is 10.8. The van der Waals surface area contributed by atoms with E-state index in [1.807, 2.05) is 74.5 Å². The van der Waals surface area contributed by atoms with E-state index in [4.69, 9.17) is 9.47 Å². The fourth-order valence-electron chi connectivity index (χ4n) is 3.91. The maximum absolute atomic E-state index is 12.0. The molecular weight excluding hydrogens is 460 g/mol. The van der Waals surface area contributed by atoms with Gasteiger partial charge in [-0.25, -0.2) is 0 Å². The first-order valence-corrected chi connectivity index (χ1v) is 12.4. The Kier molecular flexibility index (Phi) is 10.0. The van der Waals surface area contributed by atoms with E-state index in [0.717, 1.165) is 11.1 Å². The van der Waals surface area contributed by atoms with Gasteiger partial charge in [0.05, 0.1) is 24.9 Å². The van der Waals surface area contributed by atoms with E-state index in [0.29, 0.717) is 38.8 Å². The lowest BCUT2D eigenvalue weighted by Crippen LogP contribution is -2.40. The van der Waals surface area contributed by atoms with Gasteiger partial charge >= 0.3 is 11.9 Å². The molecular formula is C28H34N2O6. The highest BCUT2D eigenvalue weighted by molar-refractivity contribution is 5.80. The third-order valence-corrected chi connectivity index (χ3v) is 6.31. The van der Waals surface area contributed by atoms with Gasteiger partial charge in [-0.3, -0.25) is 19.2 Å². The molecule has 2 fully saturated rings. The highest BCUT2D eigenvalue weighted by atomic mass is 16.5. The highest BCUT2D eigenvalue weighted by Gasteiger charge is 2.26. The van der Waals surface area contributed by atoms with Crippen LogP contribution in [0, 0.1) is 0 Å². The van der Waals surface area contributed by atoms with Crippen molar-refractivity contribution in [3.63, 3.8) is 0 Å². The van der Waals surface area contributed by atoms with Crippen LogP contribution >= 0.6 is 0 Å². The zero-order chi connectivity index (χ0) is 25.9. The van der Waals surface area contributed by atoms with E-state index < -0.39 is 0 Å². The van der Waals surface area contributed by atoms with Gasteiger partial charge in [-0.15, -0.1) is 0 Å². The Morgan fingerprint density at radius 1 is 0.694 bits per heavy atom. The molecule has 0 aromatic heterocycles. The molecule has 2 heterocycles. The summed E-state index contributed by atoms with van der Waals surface area (Å²) in [4.78, 5) is 45.9. The van der Waals surface area contributed by atoms with Gasteiger partial charge in [-0.1, -0.05) is 60.7 Å². The Morgan fingerprint density at radius 3 is 1.36 bits per heavy atom. The van der Waals surface area contributed by atoms with Crippen molar-refractivity contribution >= 4 is 23.8 Å². The number of amides is 2. The van der Waals surface area contributed by atoms with Crippen LogP contribution in [0.3, 0.4) is 0 Å².